The van der Waals surface area contributed by atoms with Crippen LogP contribution in [-0.4, -0.2) is 73.7 Å². The van der Waals surface area contributed by atoms with Gasteiger partial charge in [0.1, 0.15) is 5.82 Å². The van der Waals surface area contributed by atoms with Crippen molar-refractivity contribution in [3.63, 3.8) is 0 Å². The fourth-order valence-electron chi connectivity index (χ4n) is 4.98. The van der Waals surface area contributed by atoms with E-state index in [2.05, 4.69) is 26.9 Å². The van der Waals surface area contributed by atoms with Gasteiger partial charge < -0.3 is 14.4 Å². The molecule has 3 aromatic rings. The fourth-order valence-corrected chi connectivity index (χ4v) is 6.52. The van der Waals surface area contributed by atoms with E-state index >= 15 is 0 Å². The van der Waals surface area contributed by atoms with Gasteiger partial charge in [-0.2, -0.15) is 4.31 Å². The van der Waals surface area contributed by atoms with Gasteiger partial charge in [-0.15, -0.1) is 0 Å². The molecule has 10 heteroatoms. The molecular weight excluding hydrogens is 466 g/mol. The minimum atomic E-state index is -3.48. The van der Waals surface area contributed by atoms with Gasteiger partial charge in [-0.25, -0.2) is 13.4 Å². The molecule has 9 nitrogen and oxygen atoms in total. The number of sulfonamides is 1. The predicted molar refractivity (Wildman–Crippen MR) is 132 cm³/mol. The molecule has 35 heavy (non-hydrogen) atoms. The monoisotopic (exact) mass is 495 g/mol. The maximum atomic E-state index is 13.0. The minimum absolute atomic E-state index is 0.291. The van der Waals surface area contributed by atoms with E-state index in [0.29, 0.717) is 35.8 Å². The smallest absolute Gasteiger partial charge is 0.243 e. The maximum absolute atomic E-state index is 13.0. The molecule has 0 bridgehead atoms. The van der Waals surface area contributed by atoms with E-state index in [1.165, 1.54) is 5.56 Å². The van der Waals surface area contributed by atoms with E-state index in [1.54, 1.807) is 28.7 Å². The molecule has 0 N–H and O–H groups in total. The van der Waals surface area contributed by atoms with Gasteiger partial charge in [0.05, 0.1) is 22.1 Å². The quantitative estimate of drug-likeness (QED) is 0.534. The number of piperidine rings is 1. The third kappa shape index (κ3) is 4.53. The number of rotatable bonds is 5. The molecule has 6 rings (SSSR count). The molecule has 4 heterocycles. The third-order valence-corrected chi connectivity index (χ3v) is 8.89. The normalized spacial score (nSPS) is 19.4. The molecule has 0 aliphatic carbocycles. The standard InChI is InChI=1S/C25H29N5O4S/c31-35(32,30-8-2-1-3-9-30)20-5-6-21-22(15-20)26-16-25(27-21)29-12-10-28(11-13-29)17-19-4-7-23-24(14-19)34-18-33-23/h4-7,14-16H,1-3,8-13,17-18H2. The molecular formula is C25H29N5O4S. The summed E-state index contributed by atoms with van der Waals surface area (Å²) in [5, 5.41) is 0. The van der Waals surface area contributed by atoms with Crippen LogP contribution in [0.3, 0.4) is 0 Å². The fraction of sp³-hybridized carbons (Fsp3) is 0.440. The lowest BCUT2D eigenvalue weighted by molar-refractivity contribution is 0.174. The highest BCUT2D eigenvalue weighted by Gasteiger charge is 2.26. The van der Waals surface area contributed by atoms with E-state index < -0.39 is 10.0 Å². The molecule has 3 aliphatic rings. The van der Waals surface area contributed by atoms with Gasteiger partial charge in [-0.3, -0.25) is 9.88 Å². The molecule has 3 aliphatic heterocycles. The Balaban J connectivity index is 1.12. The van der Waals surface area contributed by atoms with Crippen LogP contribution in [0.2, 0.25) is 0 Å². The predicted octanol–water partition coefficient (Wildman–Crippen LogP) is 2.86. The summed E-state index contributed by atoms with van der Waals surface area (Å²) in [6.45, 7) is 5.87. The number of fused-ring (bicyclic) bond motifs is 2. The first-order valence-electron chi connectivity index (χ1n) is 12.2. The lowest BCUT2D eigenvalue weighted by Gasteiger charge is -2.35. The van der Waals surface area contributed by atoms with Crippen molar-refractivity contribution in [3.05, 3.63) is 48.2 Å². The number of benzene rings is 2. The number of anilines is 1. The van der Waals surface area contributed by atoms with E-state index in [9.17, 15) is 8.42 Å². The SMILES string of the molecule is O=S(=O)(c1ccc2nc(N3CCN(Cc4ccc5c(c4)OCO5)CC3)cnc2c1)N1CCCCC1. The highest BCUT2D eigenvalue weighted by Crippen LogP contribution is 2.33. The molecule has 0 radical (unpaired) electrons. The molecule has 2 aromatic carbocycles. The highest BCUT2D eigenvalue weighted by atomic mass is 32.2. The van der Waals surface area contributed by atoms with Crippen LogP contribution in [0.25, 0.3) is 11.0 Å². The van der Waals surface area contributed by atoms with Crippen molar-refractivity contribution in [2.75, 3.05) is 51.0 Å². The molecule has 0 spiro atoms. The Morgan fingerprint density at radius 1 is 0.829 bits per heavy atom. The number of nitrogens with zero attached hydrogens (tertiary/aromatic N) is 5. The van der Waals surface area contributed by atoms with Crippen molar-refractivity contribution in [2.45, 2.75) is 30.7 Å². The molecule has 0 atom stereocenters. The second-order valence-electron chi connectivity index (χ2n) is 9.29. The average molecular weight is 496 g/mol. The Morgan fingerprint density at radius 2 is 1.63 bits per heavy atom. The van der Waals surface area contributed by atoms with Crippen molar-refractivity contribution >= 4 is 26.9 Å². The third-order valence-electron chi connectivity index (χ3n) is 6.99. The van der Waals surface area contributed by atoms with E-state index in [4.69, 9.17) is 14.5 Å². The summed E-state index contributed by atoms with van der Waals surface area (Å²) >= 11 is 0. The lowest BCUT2D eigenvalue weighted by Crippen LogP contribution is -2.46. The zero-order valence-corrected chi connectivity index (χ0v) is 20.4. The summed E-state index contributed by atoms with van der Waals surface area (Å²) in [7, 11) is -3.48. The summed E-state index contributed by atoms with van der Waals surface area (Å²) < 4.78 is 38.5. The van der Waals surface area contributed by atoms with Gasteiger partial charge in [0.15, 0.2) is 11.5 Å². The van der Waals surface area contributed by atoms with Crippen molar-refractivity contribution in [1.82, 2.24) is 19.2 Å². The summed E-state index contributed by atoms with van der Waals surface area (Å²) in [5.41, 5.74) is 2.53. The van der Waals surface area contributed by atoms with Gasteiger partial charge in [0, 0.05) is 45.8 Å². The Hall–Kier alpha value is -2.95. The molecule has 0 amide bonds. The van der Waals surface area contributed by atoms with Gasteiger partial charge in [0.25, 0.3) is 0 Å². The molecule has 2 fully saturated rings. The van der Waals surface area contributed by atoms with Crippen molar-refractivity contribution in [1.29, 1.82) is 0 Å². The van der Waals surface area contributed by atoms with E-state index in [-0.39, 0.29) is 0 Å². The molecule has 0 unspecified atom stereocenters. The molecule has 2 saturated heterocycles. The second kappa shape index (κ2) is 9.25. The number of piperazine rings is 1. The summed E-state index contributed by atoms with van der Waals surface area (Å²) in [6, 6.07) is 11.2. The largest absolute Gasteiger partial charge is 0.454 e. The lowest BCUT2D eigenvalue weighted by atomic mass is 10.1. The molecule has 1 aromatic heterocycles. The Bertz CT molecular complexity index is 1330. The van der Waals surface area contributed by atoms with Crippen LogP contribution < -0.4 is 14.4 Å². The first-order valence-corrected chi connectivity index (χ1v) is 13.6. The van der Waals surface area contributed by atoms with Crippen LogP contribution in [-0.2, 0) is 16.6 Å². The molecule has 184 valence electrons. The summed E-state index contributed by atoms with van der Waals surface area (Å²) in [5.74, 6) is 2.45. The Morgan fingerprint density at radius 3 is 2.46 bits per heavy atom. The minimum Gasteiger partial charge on any atom is -0.454 e. The van der Waals surface area contributed by atoms with Gasteiger partial charge in [-0.1, -0.05) is 12.5 Å². The Labute approximate surface area is 205 Å². The van der Waals surface area contributed by atoms with Crippen LogP contribution in [0.15, 0.2) is 47.5 Å². The van der Waals surface area contributed by atoms with Crippen molar-refractivity contribution < 1.29 is 17.9 Å². The van der Waals surface area contributed by atoms with Crippen LogP contribution in [0, 0.1) is 0 Å². The number of hydrogen-bond acceptors (Lipinski definition) is 8. The summed E-state index contributed by atoms with van der Waals surface area (Å²) in [6.07, 6.45) is 4.68. The van der Waals surface area contributed by atoms with E-state index in [0.717, 1.165) is 69.3 Å². The van der Waals surface area contributed by atoms with Crippen LogP contribution in [0.1, 0.15) is 24.8 Å². The zero-order chi connectivity index (χ0) is 23.8. The van der Waals surface area contributed by atoms with Crippen molar-refractivity contribution in [2.24, 2.45) is 0 Å². The van der Waals surface area contributed by atoms with Gasteiger partial charge >= 0.3 is 0 Å². The zero-order valence-electron chi connectivity index (χ0n) is 19.6. The number of aromatic nitrogens is 2. The average Bonchev–Trinajstić information content (AvgIpc) is 3.37. The van der Waals surface area contributed by atoms with Crippen molar-refractivity contribution in [3.8, 4) is 11.5 Å². The second-order valence-corrected chi connectivity index (χ2v) is 11.2. The molecule has 0 saturated carbocycles. The topological polar surface area (TPSA) is 88.1 Å². The maximum Gasteiger partial charge on any atom is 0.243 e. The Kier molecular flexibility index (Phi) is 5.95. The van der Waals surface area contributed by atoms with E-state index in [1.807, 2.05) is 6.07 Å². The van der Waals surface area contributed by atoms with Crippen LogP contribution in [0.4, 0.5) is 5.82 Å². The van der Waals surface area contributed by atoms with Gasteiger partial charge in [-0.05, 0) is 48.7 Å². The highest BCUT2D eigenvalue weighted by molar-refractivity contribution is 7.89. The first kappa shape index (κ1) is 22.5. The first-order chi connectivity index (χ1) is 17.1. The number of ether oxygens (including phenoxy) is 2. The van der Waals surface area contributed by atoms with Crippen LogP contribution >= 0.6 is 0 Å². The number of hydrogen-bond donors (Lipinski definition) is 0. The summed E-state index contributed by atoms with van der Waals surface area (Å²) in [4.78, 5) is 14.3. The van der Waals surface area contributed by atoms with Gasteiger partial charge in [0.2, 0.25) is 16.8 Å². The van der Waals surface area contributed by atoms with Crippen LogP contribution in [0.5, 0.6) is 11.5 Å².